The Morgan fingerprint density at radius 2 is 2.00 bits per heavy atom. The van der Waals surface area contributed by atoms with Crippen molar-refractivity contribution in [2.75, 3.05) is 18.0 Å². The Hall–Kier alpha value is -2.11. The first-order valence-electron chi connectivity index (χ1n) is 8.73. The number of nitrogens with one attached hydrogen (secondary N) is 1. The number of carbonyl (C=O) groups excluding carboxylic acids is 1. The quantitative estimate of drug-likeness (QED) is 0.850. The smallest absolute Gasteiger partial charge is 0.251 e. The van der Waals surface area contributed by atoms with E-state index in [-0.39, 0.29) is 23.9 Å². The third-order valence-electron chi connectivity index (χ3n) is 4.70. The molecule has 0 unspecified atom stereocenters. The van der Waals surface area contributed by atoms with Gasteiger partial charge in [-0.3, -0.25) is 4.79 Å². The highest BCUT2D eigenvalue weighted by Crippen LogP contribution is 2.30. The van der Waals surface area contributed by atoms with Crippen LogP contribution in [0, 0.1) is 5.82 Å². The molecule has 1 saturated heterocycles. The molecule has 0 aliphatic carbocycles. The monoisotopic (exact) mass is 376 g/mol. The van der Waals surface area contributed by atoms with Gasteiger partial charge < -0.3 is 15.3 Å². The highest BCUT2D eigenvalue weighted by atomic mass is 35.5. The minimum absolute atomic E-state index is 0.260. The van der Waals surface area contributed by atoms with Gasteiger partial charge in [-0.05, 0) is 56.2 Å². The molecule has 2 N–H and O–H groups in total. The Balaban J connectivity index is 1.81. The van der Waals surface area contributed by atoms with Gasteiger partial charge in [-0.25, -0.2) is 4.39 Å². The van der Waals surface area contributed by atoms with Crippen LogP contribution in [0.3, 0.4) is 0 Å². The number of amides is 1. The van der Waals surface area contributed by atoms with Crippen LogP contribution in [0.1, 0.15) is 41.7 Å². The van der Waals surface area contributed by atoms with E-state index in [2.05, 4.69) is 10.2 Å². The molecule has 4 nitrogen and oxygen atoms in total. The van der Waals surface area contributed by atoms with Crippen LogP contribution in [0.2, 0.25) is 5.02 Å². The number of hydrogen-bond acceptors (Lipinski definition) is 3. The molecule has 3 rings (SSSR count). The second-order valence-corrected chi connectivity index (χ2v) is 7.06. The van der Waals surface area contributed by atoms with E-state index in [1.807, 2.05) is 6.92 Å². The van der Waals surface area contributed by atoms with Gasteiger partial charge in [-0.15, -0.1) is 0 Å². The molecule has 1 aliphatic heterocycles. The molecule has 1 atom stereocenters. The lowest BCUT2D eigenvalue weighted by Gasteiger charge is -2.34. The fourth-order valence-electron chi connectivity index (χ4n) is 3.25. The van der Waals surface area contributed by atoms with Crippen LogP contribution in [0.15, 0.2) is 42.5 Å². The molecule has 1 heterocycles. The Morgan fingerprint density at radius 3 is 2.69 bits per heavy atom. The Bertz CT molecular complexity index is 791. The highest BCUT2D eigenvalue weighted by molar-refractivity contribution is 6.30. The third kappa shape index (κ3) is 4.34. The molecule has 1 amide bonds. The molecule has 2 aromatic rings. The Kier molecular flexibility index (Phi) is 5.79. The Morgan fingerprint density at radius 1 is 1.27 bits per heavy atom. The van der Waals surface area contributed by atoms with Crippen molar-refractivity contribution in [2.24, 2.45) is 0 Å². The number of piperidine rings is 1. The molecular weight excluding hydrogens is 355 g/mol. The maximum Gasteiger partial charge on any atom is 0.251 e. The second-order valence-electron chi connectivity index (χ2n) is 6.63. The van der Waals surface area contributed by atoms with E-state index in [1.165, 1.54) is 12.1 Å². The molecule has 6 heteroatoms. The molecular formula is C20H22ClFN2O2. The van der Waals surface area contributed by atoms with Crippen LogP contribution in [-0.4, -0.2) is 30.2 Å². The van der Waals surface area contributed by atoms with Gasteiger partial charge in [0.15, 0.2) is 0 Å². The minimum Gasteiger partial charge on any atom is -0.393 e. The predicted molar refractivity (Wildman–Crippen MR) is 101 cm³/mol. The van der Waals surface area contributed by atoms with Crippen LogP contribution < -0.4 is 10.2 Å². The van der Waals surface area contributed by atoms with Crippen molar-refractivity contribution in [1.82, 2.24) is 5.32 Å². The molecule has 2 aromatic carbocycles. The van der Waals surface area contributed by atoms with E-state index in [0.717, 1.165) is 11.3 Å². The number of aliphatic hydroxyl groups is 1. The Labute approximate surface area is 157 Å². The lowest BCUT2D eigenvalue weighted by atomic mass is 10.0. The van der Waals surface area contributed by atoms with Crippen molar-refractivity contribution in [1.29, 1.82) is 0 Å². The maximum atomic E-state index is 13.9. The number of nitrogens with zero attached hydrogens (tertiary/aromatic N) is 1. The summed E-state index contributed by atoms with van der Waals surface area (Å²) in [5.41, 5.74) is 2.07. The lowest BCUT2D eigenvalue weighted by Crippen LogP contribution is -2.37. The third-order valence-corrected chi connectivity index (χ3v) is 4.93. The first-order chi connectivity index (χ1) is 12.4. The van der Waals surface area contributed by atoms with E-state index in [0.29, 0.717) is 36.5 Å². The number of benzene rings is 2. The van der Waals surface area contributed by atoms with Crippen LogP contribution in [0.5, 0.6) is 0 Å². The first-order valence-corrected chi connectivity index (χ1v) is 9.10. The summed E-state index contributed by atoms with van der Waals surface area (Å²) in [6.45, 7) is 3.24. The van der Waals surface area contributed by atoms with Crippen molar-refractivity contribution < 1.29 is 14.3 Å². The van der Waals surface area contributed by atoms with E-state index in [1.54, 1.807) is 30.3 Å². The molecule has 0 bridgehead atoms. The van der Waals surface area contributed by atoms with Crippen molar-refractivity contribution in [3.05, 3.63) is 64.4 Å². The summed E-state index contributed by atoms with van der Waals surface area (Å²) in [6.07, 6.45) is 1.08. The van der Waals surface area contributed by atoms with Gasteiger partial charge in [0.05, 0.1) is 12.1 Å². The normalized spacial score (nSPS) is 16.4. The number of anilines is 1. The summed E-state index contributed by atoms with van der Waals surface area (Å²) in [4.78, 5) is 14.6. The van der Waals surface area contributed by atoms with Crippen molar-refractivity contribution >= 4 is 23.2 Å². The van der Waals surface area contributed by atoms with Crippen molar-refractivity contribution in [3.63, 3.8) is 0 Å². The maximum absolute atomic E-state index is 13.9. The van der Waals surface area contributed by atoms with Gasteiger partial charge in [-0.1, -0.05) is 17.7 Å². The standard InChI is InChI=1S/C20H22ClFN2O2/c1-13(23-20(26)14-3-2-4-15(21)11-14)18-12-16(22)5-6-19(18)24-9-7-17(25)8-10-24/h2-6,11-13,17,25H,7-10H2,1H3,(H,23,26)/t13-/m0/s1. The van der Waals surface area contributed by atoms with Crippen LogP contribution in [0.25, 0.3) is 0 Å². The molecule has 0 aromatic heterocycles. The molecule has 0 radical (unpaired) electrons. The van der Waals surface area contributed by atoms with E-state index >= 15 is 0 Å². The zero-order valence-corrected chi connectivity index (χ0v) is 15.3. The topological polar surface area (TPSA) is 52.6 Å². The van der Waals surface area contributed by atoms with Crippen LogP contribution >= 0.6 is 11.6 Å². The number of aliphatic hydroxyl groups excluding tert-OH is 1. The van der Waals surface area contributed by atoms with Gasteiger partial charge in [0.1, 0.15) is 5.82 Å². The zero-order chi connectivity index (χ0) is 18.7. The minimum atomic E-state index is -0.376. The van der Waals surface area contributed by atoms with Gasteiger partial charge >= 0.3 is 0 Å². The van der Waals surface area contributed by atoms with Gasteiger partial charge in [0, 0.05) is 34.9 Å². The SMILES string of the molecule is C[C@H](NC(=O)c1cccc(Cl)c1)c1cc(F)ccc1N1CCC(O)CC1. The van der Waals surface area contributed by atoms with Crippen molar-refractivity contribution in [3.8, 4) is 0 Å². The fourth-order valence-corrected chi connectivity index (χ4v) is 3.44. The van der Waals surface area contributed by atoms with Gasteiger partial charge in [-0.2, -0.15) is 0 Å². The molecule has 1 fully saturated rings. The van der Waals surface area contributed by atoms with E-state index < -0.39 is 0 Å². The second kappa shape index (κ2) is 8.06. The van der Waals surface area contributed by atoms with E-state index in [9.17, 15) is 14.3 Å². The summed E-state index contributed by atoms with van der Waals surface area (Å²) in [5.74, 6) is -0.603. The van der Waals surface area contributed by atoms with Crippen LogP contribution in [-0.2, 0) is 0 Å². The first kappa shape index (κ1) is 18.7. The summed E-state index contributed by atoms with van der Waals surface area (Å²) in [5, 5.41) is 13.1. The summed E-state index contributed by atoms with van der Waals surface area (Å²) >= 11 is 5.95. The van der Waals surface area contributed by atoms with Crippen LogP contribution in [0.4, 0.5) is 10.1 Å². The highest BCUT2D eigenvalue weighted by Gasteiger charge is 2.22. The van der Waals surface area contributed by atoms with Gasteiger partial charge in [0.2, 0.25) is 0 Å². The number of halogens is 2. The lowest BCUT2D eigenvalue weighted by molar-refractivity contribution is 0.0940. The number of rotatable bonds is 4. The molecule has 1 aliphatic rings. The number of hydrogen-bond donors (Lipinski definition) is 2. The zero-order valence-electron chi connectivity index (χ0n) is 14.6. The average molecular weight is 377 g/mol. The molecule has 0 saturated carbocycles. The van der Waals surface area contributed by atoms with Crippen molar-refractivity contribution in [2.45, 2.75) is 31.9 Å². The summed E-state index contributed by atoms with van der Waals surface area (Å²) in [7, 11) is 0. The van der Waals surface area contributed by atoms with E-state index in [4.69, 9.17) is 11.6 Å². The average Bonchev–Trinajstić information content (AvgIpc) is 2.62. The number of carbonyl (C=O) groups is 1. The largest absolute Gasteiger partial charge is 0.393 e. The predicted octanol–water partition coefficient (Wildman–Crippen LogP) is 3.93. The molecule has 0 spiro atoms. The fraction of sp³-hybridized carbons (Fsp3) is 0.350. The summed E-state index contributed by atoms with van der Waals surface area (Å²) < 4.78 is 13.9. The molecule has 26 heavy (non-hydrogen) atoms. The molecule has 138 valence electrons. The summed E-state index contributed by atoms with van der Waals surface area (Å²) in [6, 6.07) is 11.0. The van der Waals surface area contributed by atoms with Gasteiger partial charge in [0.25, 0.3) is 5.91 Å².